The van der Waals surface area contributed by atoms with Gasteiger partial charge in [0.25, 0.3) is 0 Å². The molecule has 0 aliphatic rings. The minimum Gasteiger partial charge on any atom is -0.324 e. The molecular formula is C15H12Cl2N2S. The number of nitrogens with zero attached hydrogens (tertiary/aromatic N) is 1. The number of rotatable bonds is 3. The number of hydrogen-bond acceptors (Lipinski definition) is 3. The third-order valence-corrected chi connectivity index (χ3v) is 4.66. The van der Waals surface area contributed by atoms with Crippen LogP contribution in [0.3, 0.4) is 0 Å². The Balaban J connectivity index is 1.88. The van der Waals surface area contributed by atoms with Gasteiger partial charge in [0.2, 0.25) is 0 Å². The second-order valence-electron chi connectivity index (χ2n) is 4.62. The van der Waals surface area contributed by atoms with Crippen LogP contribution in [0.15, 0.2) is 41.9 Å². The van der Waals surface area contributed by atoms with Gasteiger partial charge in [-0.1, -0.05) is 23.2 Å². The van der Waals surface area contributed by atoms with E-state index in [9.17, 15) is 0 Å². The molecule has 0 saturated heterocycles. The van der Waals surface area contributed by atoms with Gasteiger partial charge in [-0.2, -0.15) is 0 Å². The molecule has 2 N–H and O–H groups in total. The van der Waals surface area contributed by atoms with Crippen molar-refractivity contribution in [1.82, 2.24) is 4.98 Å². The van der Waals surface area contributed by atoms with Crippen molar-refractivity contribution in [2.24, 2.45) is 5.73 Å². The van der Waals surface area contributed by atoms with Crippen LogP contribution in [-0.4, -0.2) is 4.98 Å². The van der Waals surface area contributed by atoms with E-state index in [-0.39, 0.29) is 6.04 Å². The van der Waals surface area contributed by atoms with Crippen molar-refractivity contribution in [2.45, 2.75) is 12.5 Å². The Kier molecular flexibility index (Phi) is 3.94. The molecule has 1 atom stereocenters. The quantitative estimate of drug-likeness (QED) is 0.748. The van der Waals surface area contributed by atoms with E-state index in [1.807, 2.05) is 23.7 Å². The highest BCUT2D eigenvalue weighted by atomic mass is 35.5. The fourth-order valence-corrected chi connectivity index (χ4v) is 3.30. The Morgan fingerprint density at radius 1 is 1.20 bits per heavy atom. The van der Waals surface area contributed by atoms with E-state index in [1.54, 1.807) is 23.5 Å². The number of pyridine rings is 1. The maximum atomic E-state index is 6.27. The molecule has 20 heavy (non-hydrogen) atoms. The lowest BCUT2D eigenvalue weighted by Crippen LogP contribution is -2.13. The van der Waals surface area contributed by atoms with Gasteiger partial charge in [-0.3, -0.25) is 4.98 Å². The van der Waals surface area contributed by atoms with Gasteiger partial charge in [-0.15, -0.1) is 11.3 Å². The van der Waals surface area contributed by atoms with Crippen LogP contribution < -0.4 is 5.73 Å². The fraction of sp³-hybridized carbons (Fsp3) is 0.133. The first-order valence-electron chi connectivity index (χ1n) is 6.16. The molecule has 5 heteroatoms. The first-order chi connectivity index (χ1) is 9.63. The maximum Gasteiger partial charge on any atom is 0.0809 e. The number of benzene rings is 1. The predicted octanol–water partition coefficient (Wildman–Crippen LogP) is 4.85. The zero-order valence-corrected chi connectivity index (χ0v) is 12.8. The van der Waals surface area contributed by atoms with Crippen molar-refractivity contribution >= 4 is 44.8 Å². The summed E-state index contributed by atoms with van der Waals surface area (Å²) in [5.74, 6) is 0. The van der Waals surface area contributed by atoms with Crippen LogP contribution in [0.4, 0.5) is 0 Å². The Labute approximate surface area is 131 Å². The van der Waals surface area contributed by atoms with E-state index >= 15 is 0 Å². The third-order valence-electron chi connectivity index (χ3n) is 3.20. The molecule has 0 fully saturated rings. The Morgan fingerprint density at radius 3 is 2.90 bits per heavy atom. The summed E-state index contributed by atoms with van der Waals surface area (Å²) < 4.78 is 1.15. The molecule has 0 spiro atoms. The molecule has 2 heterocycles. The zero-order valence-electron chi connectivity index (χ0n) is 10.5. The van der Waals surface area contributed by atoms with Gasteiger partial charge in [0, 0.05) is 22.3 Å². The number of fused-ring (bicyclic) bond motifs is 1. The van der Waals surface area contributed by atoms with E-state index in [0.29, 0.717) is 16.5 Å². The number of thiophene rings is 1. The van der Waals surface area contributed by atoms with Gasteiger partial charge < -0.3 is 5.73 Å². The molecule has 102 valence electrons. The normalized spacial score (nSPS) is 12.8. The standard InChI is InChI=1S/C15H12Cl2N2S/c16-11-1-2-12(17)9(5-11)6-13(18)10-7-15-14(19-8-10)3-4-20-15/h1-5,7-8,13H,6,18H2. The Hall–Kier alpha value is -1.13. The number of hydrogen-bond donors (Lipinski definition) is 1. The van der Waals surface area contributed by atoms with E-state index in [4.69, 9.17) is 28.9 Å². The van der Waals surface area contributed by atoms with Crippen LogP contribution >= 0.6 is 34.5 Å². The van der Waals surface area contributed by atoms with Crippen molar-refractivity contribution in [1.29, 1.82) is 0 Å². The summed E-state index contributed by atoms with van der Waals surface area (Å²) in [6, 6.07) is 9.38. The second-order valence-corrected chi connectivity index (χ2v) is 6.41. The zero-order chi connectivity index (χ0) is 14.1. The summed E-state index contributed by atoms with van der Waals surface area (Å²) in [7, 11) is 0. The van der Waals surface area contributed by atoms with E-state index in [0.717, 1.165) is 21.3 Å². The Morgan fingerprint density at radius 2 is 2.05 bits per heavy atom. The molecule has 0 bridgehead atoms. The van der Waals surface area contributed by atoms with Gasteiger partial charge in [-0.25, -0.2) is 0 Å². The lowest BCUT2D eigenvalue weighted by atomic mass is 10.0. The van der Waals surface area contributed by atoms with Crippen LogP contribution in [-0.2, 0) is 6.42 Å². The molecule has 0 aliphatic heterocycles. The topological polar surface area (TPSA) is 38.9 Å². The van der Waals surface area contributed by atoms with E-state index in [2.05, 4.69) is 11.1 Å². The summed E-state index contributed by atoms with van der Waals surface area (Å²) >= 11 is 13.8. The highest BCUT2D eigenvalue weighted by Crippen LogP contribution is 2.27. The third kappa shape index (κ3) is 2.81. The van der Waals surface area contributed by atoms with Crippen molar-refractivity contribution < 1.29 is 0 Å². The van der Waals surface area contributed by atoms with Crippen LogP contribution in [0.25, 0.3) is 10.2 Å². The molecule has 3 aromatic rings. The number of halogens is 2. The predicted molar refractivity (Wildman–Crippen MR) is 86.7 cm³/mol. The van der Waals surface area contributed by atoms with Crippen molar-refractivity contribution in [3.8, 4) is 0 Å². The maximum absolute atomic E-state index is 6.27. The molecule has 2 aromatic heterocycles. The van der Waals surface area contributed by atoms with Crippen molar-refractivity contribution in [3.05, 3.63) is 63.1 Å². The number of aromatic nitrogens is 1. The van der Waals surface area contributed by atoms with Gasteiger partial charge in [0.1, 0.15) is 0 Å². The molecule has 3 rings (SSSR count). The smallest absolute Gasteiger partial charge is 0.0809 e. The Bertz CT molecular complexity index is 754. The lowest BCUT2D eigenvalue weighted by Gasteiger charge is -2.13. The van der Waals surface area contributed by atoms with Gasteiger partial charge >= 0.3 is 0 Å². The van der Waals surface area contributed by atoms with Gasteiger partial charge in [0.05, 0.1) is 10.2 Å². The molecule has 0 amide bonds. The molecular weight excluding hydrogens is 311 g/mol. The van der Waals surface area contributed by atoms with Crippen molar-refractivity contribution in [2.75, 3.05) is 0 Å². The monoisotopic (exact) mass is 322 g/mol. The lowest BCUT2D eigenvalue weighted by molar-refractivity contribution is 0.720. The summed E-state index contributed by atoms with van der Waals surface area (Å²) in [4.78, 5) is 4.42. The molecule has 0 aliphatic carbocycles. The average Bonchev–Trinajstić information content (AvgIpc) is 2.90. The summed E-state index contributed by atoms with van der Waals surface area (Å²) in [6.07, 6.45) is 2.47. The van der Waals surface area contributed by atoms with Gasteiger partial charge in [0.15, 0.2) is 0 Å². The van der Waals surface area contributed by atoms with Crippen LogP contribution in [0, 0.1) is 0 Å². The average molecular weight is 323 g/mol. The SMILES string of the molecule is NC(Cc1cc(Cl)ccc1Cl)c1cnc2ccsc2c1. The second kappa shape index (κ2) is 5.70. The molecule has 0 radical (unpaired) electrons. The number of nitrogens with two attached hydrogens (primary N) is 1. The molecule has 2 nitrogen and oxygen atoms in total. The molecule has 0 saturated carbocycles. The largest absolute Gasteiger partial charge is 0.324 e. The minimum absolute atomic E-state index is 0.148. The molecule has 1 unspecified atom stereocenters. The highest BCUT2D eigenvalue weighted by Gasteiger charge is 2.11. The summed E-state index contributed by atoms with van der Waals surface area (Å²) in [6.45, 7) is 0. The van der Waals surface area contributed by atoms with Crippen LogP contribution in [0.5, 0.6) is 0 Å². The first-order valence-corrected chi connectivity index (χ1v) is 7.80. The summed E-state index contributed by atoms with van der Waals surface area (Å²) in [5.41, 5.74) is 9.24. The highest BCUT2D eigenvalue weighted by molar-refractivity contribution is 7.17. The summed E-state index contributed by atoms with van der Waals surface area (Å²) in [5, 5.41) is 3.39. The van der Waals surface area contributed by atoms with Crippen LogP contribution in [0.2, 0.25) is 10.0 Å². The first kappa shape index (κ1) is 13.8. The van der Waals surface area contributed by atoms with Gasteiger partial charge in [-0.05, 0) is 53.3 Å². The van der Waals surface area contributed by atoms with E-state index < -0.39 is 0 Å². The fourth-order valence-electron chi connectivity index (χ4n) is 2.12. The minimum atomic E-state index is -0.148. The molecule has 1 aromatic carbocycles. The van der Waals surface area contributed by atoms with E-state index in [1.165, 1.54) is 0 Å². The van der Waals surface area contributed by atoms with Crippen LogP contribution in [0.1, 0.15) is 17.2 Å². The van der Waals surface area contributed by atoms with Crippen molar-refractivity contribution in [3.63, 3.8) is 0 Å².